The number of benzene rings is 4. The van der Waals surface area contributed by atoms with Crippen LogP contribution in [0.1, 0.15) is 43.8 Å². The molecule has 0 fully saturated rings. The van der Waals surface area contributed by atoms with Gasteiger partial charge in [-0.15, -0.1) is 0 Å². The molecule has 0 atom stereocenters. The second-order valence-electron chi connectivity index (χ2n) is 9.30. The van der Waals surface area contributed by atoms with Crippen molar-refractivity contribution in [3.05, 3.63) is 113 Å². The number of hydrogen-bond donors (Lipinski definition) is 0. The van der Waals surface area contributed by atoms with Gasteiger partial charge in [-0.1, -0.05) is 24.8 Å². The quantitative estimate of drug-likeness (QED) is 0.0961. The summed E-state index contributed by atoms with van der Waals surface area (Å²) in [6.45, 7) is 9.84. The first kappa shape index (κ1) is 28.1. The van der Waals surface area contributed by atoms with Crippen molar-refractivity contribution in [2.24, 2.45) is 0 Å². The molecule has 0 aliphatic rings. The van der Waals surface area contributed by atoms with Crippen LogP contribution in [0, 0.1) is 20.8 Å². The van der Waals surface area contributed by atoms with Crippen LogP contribution >= 0.6 is 0 Å². The minimum absolute atomic E-state index is 0.235. The van der Waals surface area contributed by atoms with Gasteiger partial charge in [-0.25, -0.2) is 14.4 Å². The van der Waals surface area contributed by atoms with E-state index < -0.39 is 17.9 Å². The topological polar surface area (TPSA) is 88.1 Å². The lowest BCUT2D eigenvalue weighted by molar-refractivity contribution is -0.137. The highest BCUT2D eigenvalue weighted by atomic mass is 16.5. The van der Waals surface area contributed by atoms with Crippen LogP contribution in [-0.2, 0) is 9.53 Å². The molecule has 4 aromatic rings. The molecule has 0 aliphatic carbocycles. The molecule has 0 aromatic heterocycles. The lowest BCUT2D eigenvalue weighted by Gasteiger charge is -2.11. The summed E-state index contributed by atoms with van der Waals surface area (Å²) in [4.78, 5) is 36.5. The molecule has 204 valence electrons. The number of fused-ring (bicyclic) bond motifs is 1. The normalized spacial score (nSPS) is 10.6. The Bertz CT molecular complexity index is 1570. The zero-order valence-corrected chi connectivity index (χ0v) is 22.7. The molecule has 40 heavy (non-hydrogen) atoms. The lowest BCUT2D eigenvalue weighted by atomic mass is 10.1. The monoisotopic (exact) mass is 538 g/mol. The zero-order valence-electron chi connectivity index (χ0n) is 22.7. The number of carbonyl (C=O) groups is 3. The van der Waals surface area contributed by atoms with Gasteiger partial charge >= 0.3 is 17.9 Å². The standard InChI is InChI=1S/C33H30O7/c1-5-31(34)38-16-6-15-37-28-12-9-24(10-13-28)32(35)39-29-14-11-25-19-27(8-7-26(25)20-29)33(36)40-30-18-22(3)21(2)17-23(30)4/h5,7-14,17-20H,1,6,15-16H2,2-4H3. The van der Waals surface area contributed by atoms with Crippen LogP contribution in [0.5, 0.6) is 17.2 Å². The van der Waals surface area contributed by atoms with E-state index in [1.165, 1.54) is 0 Å². The lowest BCUT2D eigenvalue weighted by Crippen LogP contribution is -2.10. The molecule has 0 radical (unpaired) electrons. The third kappa shape index (κ3) is 7.14. The summed E-state index contributed by atoms with van der Waals surface area (Å²) < 4.78 is 21.7. The molecule has 4 rings (SSSR count). The highest BCUT2D eigenvalue weighted by Crippen LogP contribution is 2.26. The Morgan fingerprint density at radius 1 is 0.675 bits per heavy atom. The predicted octanol–water partition coefficient (Wildman–Crippen LogP) is 6.70. The minimum atomic E-state index is -0.508. The number of ether oxygens (including phenoxy) is 4. The van der Waals surface area contributed by atoms with Gasteiger partial charge in [-0.05, 0) is 103 Å². The van der Waals surface area contributed by atoms with E-state index in [1.54, 1.807) is 60.7 Å². The largest absolute Gasteiger partial charge is 0.493 e. The smallest absolute Gasteiger partial charge is 0.343 e. The van der Waals surface area contributed by atoms with Crippen LogP contribution in [0.25, 0.3) is 10.8 Å². The van der Waals surface area contributed by atoms with Crippen molar-refractivity contribution in [1.29, 1.82) is 0 Å². The molecule has 0 saturated carbocycles. The van der Waals surface area contributed by atoms with Crippen LogP contribution in [0.15, 0.2) is 85.5 Å². The first-order valence-corrected chi connectivity index (χ1v) is 12.8. The highest BCUT2D eigenvalue weighted by Gasteiger charge is 2.14. The van der Waals surface area contributed by atoms with Crippen LogP contribution < -0.4 is 14.2 Å². The Hall–Kier alpha value is -4.91. The van der Waals surface area contributed by atoms with E-state index in [2.05, 4.69) is 6.58 Å². The summed E-state index contributed by atoms with van der Waals surface area (Å²) in [7, 11) is 0. The van der Waals surface area contributed by atoms with E-state index in [9.17, 15) is 14.4 Å². The maximum absolute atomic E-state index is 12.8. The summed E-state index contributed by atoms with van der Waals surface area (Å²) in [6.07, 6.45) is 1.64. The van der Waals surface area contributed by atoms with Gasteiger partial charge in [0.1, 0.15) is 17.2 Å². The van der Waals surface area contributed by atoms with Gasteiger partial charge in [0.2, 0.25) is 0 Å². The molecule has 0 amide bonds. The van der Waals surface area contributed by atoms with Crippen LogP contribution in [-0.4, -0.2) is 31.1 Å². The summed E-state index contributed by atoms with van der Waals surface area (Å²) in [5.74, 6) is 0.0927. The van der Waals surface area contributed by atoms with Crippen LogP contribution in [0.3, 0.4) is 0 Å². The van der Waals surface area contributed by atoms with E-state index in [0.29, 0.717) is 41.4 Å². The molecule has 4 aromatic carbocycles. The molecule has 0 bridgehead atoms. The fourth-order valence-corrected chi connectivity index (χ4v) is 3.95. The molecule has 0 spiro atoms. The van der Waals surface area contributed by atoms with Crippen molar-refractivity contribution < 1.29 is 33.3 Å². The molecule has 0 heterocycles. The predicted molar refractivity (Wildman–Crippen MR) is 152 cm³/mol. The van der Waals surface area contributed by atoms with E-state index >= 15 is 0 Å². The van der Waals surface area contributed by atoms with Gasteiger partial charge in [0, 0.05) is 12.5 Å². The molecule has 0 unspecified atom stereocenters. The number of esters is 3. The molecular formula is C33H30O7. The van der Waals surface area contributed by atoms with Gasteiger partial charge < -0.3 is 18.9 Å². The van der Waals surface area contributed by atoms with Crippen molar-refractivity contribution in [2.45, 2.75) is 27.2 Å². The third-order valence-corrected chi connectivity index (χ3v) is 6.31. The second-order valence-corrected chi connectivity index (χ2v) is 9.30. The van der Waals surface area contributed by atoms with Gasteiger partial charge in [-0.3, -0.25) is 0 Å². The summed E-state index contributed by atoms with van der Waals surface area (Å²) in [5, 5.41) is 1.62. The van der Waals surface area contributed by atoms with Crippen molar-refractivity contribution in [3.8, 4) is 17.2 Å². The Balaban J connectivity index is 1.35. The van der Waals surface area contributed by atoms with Crippen LogP contribution in [0.2, 0.25) is 0 Å². The maximum atomic E-state index is 12.8. The Labute approximate surface area is 232 Å². The zero-order chi connectivity index (χ0) is 28.6. The minimum Gasteiger partial charge on any atom is -0.493 e. The van der Waals surface area contributed by atoms with Crippen molar-refractivity contribution in [3.63, 3.8) is 0 Å². The number of carbonyl (C=O) groups excluding carboxylic acids is 3. The molecule has 0 aliphatic heterocycles. The molecule has 7 heteroatoms. The second kappa shape index (κ2) is 12.8. The van der Waals surface area contributed by atoms with Crippen molar-refractivity contribution in [2.75, 3.05) is 13.2 Å². The maximum Gasteiger partial charge on any atom is 0.343 e. The summed E-state index contributed by atoms with van der Waals surface area (Å²) in [6, 6.07) is 20.9. The molecule has 0 N–H and O–H groups in total. The fraction of sp³-hybridized carbons (Fsp3) is 0.182. The average Bonchev–Trinajstić information content (AvgIpc) is 2.95. The van der Waals surface area contributed by atoms with Crippen LogP contribution in [0.4, 0.5) is 0 Å². The van der Waals surface area contributed by atoms with Crippen molar-refractivity contribution in [1.82, 2.24) is 0 Å². The van der Waals surface area contributed by atoms with Gasteiger partial charge in [0.05, 0.1) is 24.3 Å². The summed E-state index contributed by atoms with van der Waals surface area (Å²) >= 11 is 0. The van der Waals surface area contributed by atoms with E-state index in [-0.39, 0.29) is 6.61 Å². The first-order valence-electron chi connectivity index (χ1n) is 12.8. The Morgan fingerprint density at radius 3 is 2.05 bits per heavy atom. The van der Waals surface area contributed by atoms with E-state index in [4.69, 9.17) is 18.9 Å². The van der Waals surface area contributed by atoms with E-state index in [1.807, 2.05) is 32.9 Å². The van der Waals surface area contributed by atoms with Gasteiger partial charge in [-0.2, -0.15) is 0 Å². The number of aryl methyl sites for hydroxylation is 3. The SMILES string of the molecule is C=CC(=O)OCCCOc1ccc(C(=O)Oc2ccc3cc(C(=O)Oc4cc(C)c(C)cc4C)ccc3c2)cc1. The average molecular weight is 539 g/mol. The summed E-state index contributed by atoms with van der Waals surface area (Å²) in [5.41, 5.74) is 3.89. The fourth-order valence-electron chi connectivity index (χ4n) is 3.95. The van der Waals surface area contributed by atoms with Gasteiger partial charge in [0.15, 0.2) is 0 Å². The Morgan fingerprint density at radius 2 is 1.30 bits per heavy atom. The Kier molecular flexibility index (Phi) is 8.96. The molecule has 0 saturated heterocycles. The number of hydrogen-bond acceptors (Lipinski definition) is 7. The highest BCUT2D eigenvalue weighted by molar-refractivity contribution is 5.97. The third-order valence-electron chi connectivity index (χ3n) is 6.31. The van der Waals surface area contributed by atoms with Crippen molar-refractivity contribution >= 4 is 28.7 Å². The van der Waals surface area contributed by atoms with Gasteiger partial charge in [0.25, 0.3) is 0 Å². The first-order chi connectivity index (χ1) is 19.2. The van der Waals surface area contributed by atoms with E-state index in [0.717, 1.165) is 33.5 Å². The molecule has 7 nitrogen and oxygen atoms in total. The number of rotatable bonds is 10. The molecular weight excluding hydrogens is 508 g/mol.